The largest absolute Gasteiger partial charge is 0.350 e. The third-order valence-electron chi connectivity index (χ3n) is 3.40. The molecule has 0 aliphatic heterocycles. The number of benzene rings is 1. The lowest BCUT2D eigenvalue weighted by molar-refractivity contribution is 0.318. The molecule has 0 aliphatic rings. The van der Waals surface area contributed by atoms with Gasteiger partial charge in [-0.3, -0.25) is 4.99 Å². The zero-order valence-electron chi connectivity index (χ0n) is 14.4. The van der Waals surface area contributed by atoms with Crippen LogP contribution in [0.2, 0.25) is 0 Å². The first-order valence-electron chi connectivity index (χ1n) is 7.75. The van der Waals surface area contributed by atoms with Crippen molar-refractivity contribution >= 4 is 5.96 Å². The van der Waals surface area contributed by atoms with Crippen molar-refractivity contribution in [2.45, 2.75) is 45.7 Å². The standard InChI is InChI=1S/C17H25N5O/c1-12(13-9-7-6-8-10-13)20-16(18-5)19-11-14-21-15(23-22-14)17(2,3)4/h6-10,12H,11H2,1-5H3,(H2,18,19,20). The second-order valence-electron chi connectivity index (χ2n) is 6.47. The molecule has 1 atom stereocenters. The Labute approximate surface area is 137 Å². The van der Waals surface area contributed by atoms with Gasteiger partial charge in [0, 0.05) is 12.5 Å². The average Bonchev–Trinajstić information content (AvgIpc) is 3.01. The molecule has 0 fully saturated rings. The highest BCUT2D eigenvalue weighted by Gasteiger charge is 2.21. The summed E-state index contributed by atoms with van der Waals surface area (Å²) in [5.74, 6) is 1.95. The molecule has 1 unspecified atom stereocenters. The van der Waals surface area contributed by atoms with Crippen molar-refractivity contribution in [2.75, 3.05) is 7.05 Å². The maximum atomic E-state index is 5.28. The number of aliphatic imine (C=N–C) groups is 1. The third-order valence-corrected chi connectivity index (χ3v) is 3.40. The number of hydrogen-bond donors (Lipinski definition) is 2. The van der Waals surface area contributed by atoms with Crippen LogP contribution >= 0.6 is 0 Å². The van der Waals surface area contributed by atoms with Gasteiger partial charge < -0.3 is 15.2 Å². The van der Waals surface area contributed by atoms with Crippen LogP contribution in [0.4, 0.5) is 0 Å². The molecule has 0 amide bonds. The summed E-state index contributed by atoms with van der Waals surface area (Å²) in [6.07, 6.45) is 0. The quantitative estimate of drug-likeness (QED) is 0.670. The molecule has 0 saturated heterocycles. The molecule has 1 heterocycles. The molecule has 124 valence electrons. The van der Waals surface area contributed by atoms with E-state index in [0.717, 1.165) is 0 Å². The van der Waals surface area contributed by atoms with Crippen LogP contribution < -0.4 is 10.6 Å². The lowest BCUT2D eigenvalue weighted by atomic mass is 9.97. The first-order chi connectivity index (χ1) is 10.9. The zero-order valence-corrected chi connectivity index (χ0v) is 14.4. The second-order valence-corrected chi connectivity index (χ2v) is 6.47. The molecule has 6 heteroatoms. The van der Waals surface area contributed by atoms with E-state index in [-0.39, 0.29) is 11.5 Å². The molecule has 23 heavy (non-hydrogen) atoms. The Kier molecular flexibility index (Phi) is 5.36. The van der Waals surface area contributed by atoms with Crippen molar-refractivity contribution in [3.63, 3.8) is 0 Å². The van der Waals surface area contributed by atoms with E-state index in [2.05, 4.69) is 44.8 Å². The Morgan fingerprint density at radius 3 is 2.52 bits per heavy atom. The smallest absolute Gasteiger partial charge is 0.232 e. The van der Waals surface area contributed by atoms with E-state index in [4.69, 9.17) is 4.52 Å². The van der Waals surface area contributed by atoms with Crippen LogP contribution in [0.15, 0.2) is 39.8 Å². The molecule has 0 saturated carbocycles. The molecule has 6 nitrogen and oxygen atoms in total. The van der Waals surface area contributed by atoms with Crippen LogP contribution in [0.25, 0.3) is 0 Å². The van der Waals surface area contributed by atoms with E-state index in [1.807, 2.05) is 39.0 Å². The van der Waals surface area contributed by atoms with E-state index < -0.39 is 0 Å². The van der Waals surface area contributed by atoms with Gasteiger partial charge in [0.15, 0.2) is 11.8 Å². The fourth-order valence-corrected chi connectivity index (χ4v) is 2.02. The molecule has 0 spiro atoms. The minimum atomic E-state index is -0.146. The first-order valence-corrected chi connectivity index (χ1v) is 7.75. The van der Waals surface area contributed by atoms with Gasteiger partial charge in [-0.1, -0.05) is 56.3 Å². The van der Waals surface area contributed by atoms with Crippen molar-refractivity contribution in [2.24, 2.45) is 4.99 Å². The topological polar surface area (TPSA) is 75.3 Å². The summed E-state index contributed by atoms with van der Waals surface area (Å²) in [6, 6.07) is 10.4. The predicted octanol–water partition coefficient (Wildman–Crippen LogP) is 2.79. The Bertz CT molecular complexity index is 643. The van der Waals surface area contributed by atoms with Gasteiger partial charge >= 0.3 is 0 Å². The van der Waals surface area contributed by atoms with Crippen molar-refractivity contribution in [1.82, 2.24) is 20.8 Å². The number of hydrogen-bond acceptors (Lipinski definition) is 4. The van der Waals surface area contributed by atoms with Gasteiger partial charge in [0.1, 0.15) is 0 Å². The molecule has 1 aromatic carbocycles. The van der Waals surface area contributed by atoms with Crippen LogP contribution in [0, 0.1) is 0 Å². The highest BCUT2D eigenvalue weighted by atomic mass is 16.5. The van der Waals surface area contributed by atoms with Crippen LogP contribution in [0.3, 0.4) is 0 Å². The van der Waals surface area contributed by atoms with Gasteiger partial charge in [-0.15, -0.1) is 0 Å². The van der Waals surface area contributed by atoms with Crippen LogP contribution in [0.1, 0.15) is 51.0 Å². The summed E-state index contributed by atoms with van der Waals surface area (Å²) >= 11 is 0. The van der Waals surface area contributed by atoms with Crippen molar-refractivity contribution in [3.05, 3.63) is 47.6 Å². The minimum absolute atomic E-state index is 0.146. The molecule has 0 bridgehead atoms. The molecule has 0 radical (unpaired) electrons. The minimum Gasteiger partial charge on any atom is -0.350 e. The maximum Gasteiger partial charge on any atom is 0.232 e. The fourth-order valence-electron chi connectivity index (χ4n) is 2.02. The Morgan fingerprint density at radius 1 is 1.26 bits per heavy atom. The lowest BCUT2D eigenvalue weighted by Gasteiger charge is -2.17. The highest BCUT2D eigenvalue weighted by molar-refractivity contribution is 5.80. The molecule has 1 aromatic heterocycles. The molecule has 2 aromatic rings. The van der Waals surface area contributed by atoms with Gasteiger partial charge in [0.05, 0.1) is 12.6 Å². The Balaban J connectivity index is 1.92. The molecular weight excluding hydrogens is 290 g/mol. The summed E-state index contributed by atoms with van der Waals surface area (Å²) in [5, 5.41) is 10.5. The first kappa shape index (κ1) is 17.0. The fraction of sp³-hybridized carbons (Fsp3) is 0.471. The number of nitrogens with zero attached hydrogens (tertiary/aromatic N) is 3. The summed E-state index contributed by atoms with van der Waals surface area (Å²) in [6.45, 7) is 8.67. The summed E-state index contributed by atoms with van der Waals surface area (Å²) in [4.78, 5) is 8.63. The van der Waals surface area contributed by atoms with E-state index in [9.17, 15) is 0 Å². The summed E-state index contributed by atoms with van der Waals surface area (Å²) < 4.78 is 5.28. The molecule has 0 aliphatic carbocycles. The number of rotatable bonds is 4. The van der Waals surface area contributed by atoms with Crippen LogP contribution in [-0.2, 0) is 12.0 Å². The van der Waals surface area contributed by atoms with Crippen LogP contribution in [0.5, 0.6) is 0 Å². The van der Waals surface area contributed by atoms with E-state index in [1.54, 1.807) is 7.05 Å². The average molecular weight is 315 g/mol. The van der Waals surface area contributed by atoms with Crippen molar-refractivity contribution in [1.29, 1.82) is 0 Å². The van der Waals surface area contributed by atoms with Crippen LogP contribution in [-0.4, -0.2) is 23.1 Å². The predicted molar refractivity (Wildman–Crippen MR) is 91.2 cm³/mol. The normalized spacial score (nSPS) is 13.7. The highest BCUT2D eigenvalue weighted by Crippen LogP contribution is 2.19. The summed E-state index contributed by atoms with van der Waals surface area (Å²) in [5.41, 5.74) is 1.05. The van der Waals surface area contributed by atoms with Gasteiger partial charge in [-0.25, -0.2) is 0 Å². The van der Waals surface area contributed by atoms with E-state index in [1.165, 1.54) is 5.56 Å². The second kappa shape index (κ2) is 7.26. The van der Waals surface area contributed by atoms with Gasteiger partial charge in [0.25, 0.3) is 0 Å². The monoisotopic (exact) mass is 315 g/mol. The summed E-state index contributed by atoms with van der Waals surface area (Å²) in [7, 11) is 1.74. The number of guanidine groups is 1. The SMILES string of the molecule is CN=C(NCc1noc(C(C)(C)C)n1)NC(C)c1ccccc1. The number of aromatic nitrogens is 2. The lowest BCUT2D eigenvalue weighted by Crippen LogP contribution is -2.38. The Hall–Kier alpha value is -2.37. The Morgan fingerprint density at radius 2 is 1.96 bits per heavy atom. The molecule has 2 rings (SSSR count). The maximum absolute atomic E-state index is 5.28. The van der Waals surface area contributed by atoms with Crippen molar-refractivity contribution < 1.29 is 4.52 Å². The zero-order chi connectivity index (χ0) is 16.9. The third kappa shape index (κ3) is 4.81. The van der Waals surface area contributed by atoms with Gasteiger partial charge in [-0.2, -0.15) is 4.98 Å². The van der Waals surface area contributed by atoms with Crippen molar-refractivity contribution in [3.8, 4) is 0 Å². The molecular formula is C17H25N5O. The molecule has 2 N–H and O–H groups in total. The van der Waals surface area contributed by atoms with E-state index >= 15 is 0 Å². The number of nitrogens with one attached hydrogen (secondary N) is 2. The van der Waals surface area contributed by atoms with Gasteiger partial charge in [-0.05, 0) is 12.5 Å². The van der Waals surface area contributed by atoms with E-state index in [0.29, 0.717) is 24.2 Å². The van der Waals surface area contributed by atoms with Gasteiger partial charge in [0.2, 0.25) is 5.89 Å².